The predicted octanol–water partition coefficient (Wildman–Crippen LogP) is 5.49. The summed E-state index contributed by atoms with van der Waals surface area (Å²) < 4.78 is 14.1. The lowest BCUT2D eigenvalue weighted by Gasteiger charge is -2.37. The number of methoxy groups -OCH3 is 1. The molecule has 0 bridgehead atoms. The zero-order chi connectivity index (χ0) is 23.3. The van der Waals surface area contributed by atoms with E-state index in [1.165, 1.54) is 52.2 Å². The van der Waals surface area contributed by atoms with Gasteiger partial charge in [0, 0.05) is 29.0 Å². The Balaban J connectivity index is 1.84. The van der Waals surface area contributed by atoms with E-state index in [9.17, 15) is 5.11 Å². The van der Waals surface area contributed by atoms with Crippen LogP contribution in [0.4, 0.5) is 0 Å². The summed E-state index contributed by atoms with van der Waals surface area (Å²) in [5, 5.41) is 13.6. The summed E-state index contributed by atoms with van der Waals surface area (Å²) >= 11 is 1.79. The highest BCUT2D eigenvalue weighted by Gasteiger charge is 2.53. The van der Waals surface area contributed by atoms with Crippen LogP contribution in [0.3, 0.4) is 0 Å². The molecule has 2 atom stereocenters. The number of hydrogen-bond acceptors (Lipinski definition) is 4. The molecule has 3 aromatic rings. The van der Waals surface area contributed by atoms with Crippen LogP contribution < -0.4 is 14.0 Å². The highest BCUT2D eigenvalue weighted by Crippen LogP contribution is 2.50. The smallest absolute Gasteiger partial charge is 0.281 e. The van der Waals surface area contributed by atoms with Crippen LogP contribution in [0.5, 0.6) is 11.5 Å². The third-order valence-electron chi connectivity index (χ3n) is 7.32. The number of benzene rings is 2. The summed E-state index contributed by atoms with van der Waals surface area (Å²) in [5.41, 5.74) is 5.99. The quantitative estimate of drug-likeness (QED) is 0.412. The molecule has 5 heteroatoms. The fourth-order valence-corrected chi connectivity index (χ4v) is 7.28. The number of nitrogens with zero attached hydrogens (tertiary/aromatic N) is 1. The molecule has 1 aliphatic heterocycles. The molecule has 1 aromatic heterocycles. The van der Waals surface area contributed by atoms with Crippen LogP contribution in [0, 0.1) is 26.7 Å². The van der Waals surface area contributed by atoms with Crippen molar-refractivity contribution in [3.05, 3.63) is 68.2 Å². The summed E-state index contributed by atoms with van der Waals surface area (Å²) in [6.07, 6.45) is 5.78. The van der Waals surface area contributed by atoms with Gasteiger partial charge in [0.15, 0.2) is 17.1 Å². The van der Waals surface area contributed by atoms with Crippen molar-refractivity contribution in [3.63, 3.8) is 0 Å². The Hall–Kier alpha value is -2.37. The molecule has 33 heavy (non-hydrogen) atoms. The van der Waals surface area contributed by atoms with Crippen molar-refractivity contribution >= 4 is 11.3 Å². The predicted molar refractivity (Wildman–Crippen MR) is 132 cm³/mol. The molecular weight excluding hydrogens is 430 g/mol. The second-order valence-electron chi connectivity index (χ2n) is 9.74. The Morgan fingerprint density at radius 3 is 2.55 bits per heavy atom. The Bertz CT molecular complexity index is 1190. The van der Waals surface area contributed by atoms with Gasteiger partial charge in [-0.1, -0.05) is 42.4 Å². The average molecular weight is 465 g/mol. The topological polar surface area (TPSA) is 42.6 Å². The number of para-hydroxylation sites is 1. The first-order valence-corrected chi connectivity index (χ1v) is 12.9. The maximum atomic E-state index is 12.6. The number of rotatable bonds is 3. The van der Waals surface area contributed by atoms with Crippen LogP contribution in [0.15, 0.2) is 30.3 Å². The van der Waals surface area contributed by atoms with Gasteiger partial charge in [0.25, 0.3) is 5.01 Å². The lowest BCUT2D eigenvalue weighted by Crippen LogP contribution is -2.51. The number of hydrogen-bond donors (Lipinski definition) is 1. The van der Waals surface area contributed by atoms with Crippen molar-refractivity contribution < 1.29 is 19.1 Å². The van der Waals surface area contributed by atoms with Crippen molar-refractivity contribution in [2.24, 2.45) is 5.92 Å². The minimum Gasteiger partial charge on any atom is -0.493 e. The van der Waals surface area contributed by atoms with Crippen molar-refractivity contribution in [2.75, 3.05) is 13.7 Å². The van der Waals surface area contributed by atoms with Gasteiger partial charge in [0.2, 0.25) is 11.4 Å². The third kappa shape index (κ3) is 3.48. The number of aliphatic hydroxyl groups is 1. The normalized spacial score (nSPS) is 22.2. The molecule has 5 rings (SSSR count). The van der Waals surface area contributed by atoms with E-state index in [2.05, 4.69) is 44.4 Å². The SMILES string of the molecule is COc1cccc2c1OCC(C)C2(O)c1sc2c([n+]1-c1c(C)cc(C)cc1C)CCCCC2. The summed E-state index contributed by atoms with van der Waals surface area (Å²) in [6, 6.07) is 10.4. The summed E-state index contributed by atoms with van der Waals surface area (Å²) in [6.45, 7) is 9.08. The Kier molecular flexibility index (Phi) is 5.74. The van der Waals surface area contributed by atoms with Gasteiger partial charge in [-0.05, 0) is 58.2 Å². The van der Waals surface area contributed by atoms with E-state index in [-0.39, 0.29) is 5.92 Å². The van der Waals surface area contributed by atoms with Crippen molar-refractivity contribution in [3.8, 4) is 17.2 Å². The van der Waals surface area contributed by atoms with E-state index in [1.54, 1.807) is 18.4 Å². The van der Waals surface area contributed by atoms with Crippen molar-refractivity contribution in [1.29, 1.82) is 0 Å². The Morgan fingerprint density at radius 2 is 1.82 bits per heavy atom. The lowest BCUT2D eigenvalue weighted by atomic mass is 9.80. The number of aryl methyl sites for hydroxylation is 4. The van der Waals surface area contributed by atoms with Crippen LogP contribution >= 0.6 is 11.3 Å². The maximum absolute atomic E-state index is 12.6. The molecule has 1 N–H and O–H groups in total. The first kappa shape index (κ1) is 22.4. The van der Waals surface area contributed by atoms with Crippen LogP contribution in [-0.2, 0) is 18.4 Å². The van der Waals surface area contributed by atoms with Gasteiger partial charge in [-0.3, -0.25) is 0 Å². The van der Waals surface area contributed by atoms with Crippen LogP contribution in [0.1, 0.15) is 64.0 Å². The molecule has 0 fully saturated rings. The average Bonchev–Trinajstić information content (AvgIpc) is 2.97. The standard InChI is InChI=1S/C28H34NO3S/c1-17-14-18(2)25(19(3)15-17)29-22-11-7-6-8-13-24(22)33-27(29)28(30)20(4)16-32-26-21(28)10-9-12-23(26)31-5/h9-10,12,14-15,20,30H,6-8,11,13,16H2,1-5H3/q+1. The van der Waals surface area contributed by atoms with E-state index in [4.69, 9.17) is 9.47 Å². The van der Waals surface area contributed by atoms with Crippen LogP contribution in [0.2, 0.25) is 0 Å². The molecule has 2 aromatic carbocycles. The van der Waals surface area contributed by atoms with Gasteiger partial charge in [-0.15, -0.1) is 4.57 Å². The molecule has 0 amide bonds. The number of aromatic nitrogens is 1. The van der Waals surface area contributed by atoms with Crippen LogP contribution in [-0.4, -0.2) is 18.8 Å². The van der Waals surface area contributed by atoms with E-state index >= 15 is 0 Å². The molecule has 0 saturated heterocycles. The lowest BCUT2D eigenvalue weighted by molar-refractivity contribution is -0.616. The number of fused-ring (bicyclic) bond motifs is 2. The number of thiazole rings is 1. The minimum atomic E-state index is -1.16. The van der Waals surface area contributed by atoms with Crippen LogP contribution in [0.25, 0.3) is 5.69 Å². The van der Waals surface area contributed by atoms with E-state index in [1.807, 2.05) is 18.2 Å². The molecule has 2 heterocycles. The van der Waals surface area contributed by atoms with Gasteiger partial charge in [-0.2, -0.15) is 0 Å². The molecule has 1 aliphatic carbocycles. The zero-order valence-electron chi connectivity index (χ0n) is 20.3. The molecule has 0 saturated carbocycles. The second kappa shape index (κ2) is 8.44. The third-order valence-corrected chi connectivity index (χ3v) is 8.69. The van der Waals surface area contributed by atoms with Gasteiger partial charge >= 0.3 is 0 Å². The fourth-order valence-electron chi connectivity index (χ4n) is 5.73. The maximum Gasteiger partial charge on any atom is 0.281 e. The largest absolute Gasteiger partial charge is 0.493 e. The molecule has 0 spiro atoms. The van der Waals surface area contributed by atoms with E-state index in [0.717, 1.165) is 23.4 Å². The van der Waals surface area contributed by atoms with E-state index < -0.39 is 5.60 Å². The molecule has 2 aliphatic rings. The molecular formula is C28H34NO3S+. The van der Waals surface area contributed by atoms with Gasteiger partial charge in [-0.25, -0.2) is 0 Å². The van der Waals surface area contributed by atoms with Crippen molar-refractivity contribution in [2.45, 2.75) is 65.4 Å². The molecule has 4 nitrogen and oxygen atoms in total. The van der Waals surface area contributed by atoms with E-state index in [0.29, 0.717) is 18.1 Å². The zero-order valence-corrected chi connectivity index (χ0v) is 21.1. The van der Waals surface area contributed by atoms with Gasteiger partial charge in [0.05, 0.1) is 18.6 Å². The monoisotopic (exact) mass is 464 g/mol. The first-order valence-electron chi connectivity index (χ1n) is 12.0. The molecule has 0 radical (unpaired) electrons. The second-order valence-corrected chi connectivity index (χ2v) is 10.8. The van der Waals surface area contributed by atoms with Gasteiger partial charge < -0.3 is 14.6 Å². The number of ether oxygens (including phenoxy) is 2. The fraction of sp³-hybridized carbons (Fsp3) is 0.464. The summed E-state index contributed by atoms with van der Waals surface area (Å²) in [5.74, 6) is 1.23. The summed E-state index contributed by atoms with van der Waals surface area (Å²) in [7, 11) is 1.66. The molecule has 2 unspecified atom stereocenters. The molecule has 174 valence electrons. The Morgan fingerprint density at radius 1 is 1.09 bits per heavy atom. The highest BCUT2D eigenvalue weighted by molar-refractivity contribution is 7.11. The Labute approximate surface area is 200 Å². The van der Waals surface area contributed by atoms with Crippen molar-refractivity contribution in [1.82, 2.24) is 0 Å². The van der Waals surface area contributed by atoms with Gasteiger partial charge in [0.1, 0.15) is 0 Å². The minimum absolute atomic E-state index is 0.100. The highest BCUT2D eigenvalue weighted by atomic mass is 32.1. The summed E-state index contributed by atoms with van der Waals surface area (Å²) in [4.78, 5) is 1.42. The first-order chi connectivity index (χ1) is 15.9.